The predicted octanol–water partition coefficient (Wildman–Crippen LogP) is 3.01. The maximum absolute atomic E-state index is 5.30. The molecule has 136 valence electrons. The van der Waals surface area contributed by atoms with E-state index in [0.717, 1.165) is 23.3 Å². The van der Waals surface area contributed by atoms with E-state index in [2.05, 4.69) is 44.6 Å². The van der Waals surface area contributed by atoms with Crippen molar-refractivity contribution < 1.29 is 9.26 Å². The second-order valence-corrected chi connectivity index (χ2v) is 5.93. The van der Waals surface area contributed by atoms with Gasteiger partial charge < -0.3 is 9.26 Å². The molecule has 4 aromatic rings. The molecule has 2 heterocycles. The first kappa shape index (κ1) is 16.9. The summed E-state index contributed by atoms with van der Waals surface area (Å²) < 4.78 is 10.5. The van der Waals surface area contributed by atoms with Gasteiger partial charge in [-0.05, 0) is 41.5 Å². The zero-order valence-corrected chi connectivity index (χ0v) is 15.0. The molecule has 8 nitrogen and oxygen atoms in total. The third kappa shape index (κ3) is 3.69. The van der Waals surface area contributed by atoms with Gasteiger partial charge in [0.05, 0.1) is 7.11 Å². The lowest BCUT2D eigenvalue weighted by atomic mass is 10.1. The monoisotopic (exact) mass is 362 g/mol. The van der Waals surface area contributed by atoms with Gasteiger partial charge in [-0.25, -0.2) is 0 Å². The summed E-state index contributed by atoms with van der Waals surface area (Å²) in [5.41, 5.74) is 3.03. The molecule has 4 rings (SSSR count). The van der Waals surface area contributed by atoms with Crippen molar-refractivity contribution in [2.75, 3.05) is 7.11 Å². The zero-order chi connectivity index (χ0) is 18.6. The van der Waals surface area contributed by atoms with Crippen molar-refractivity contribution in [1.29, 1.82) is 0 Å². The summed E-state index contributed by atoms with van der Waals surface area (Å²) in [4.78, 5) is 5.83. The van der Waals surface area contributed by atoms with E-state index < -0.39 is 0 Å². The lowest BCUT2D eigenvalue weighted by Gasteiger charge is -1.98. The van der Waals surface area contributed by atoms with Crippen LogP contribution in [0.1, 0.15) is 18.4 Å². The Morgan fingerprint density at radius 3 is 2.37 bits per heavy atom. The van der Waals surface area contributed by atoms with Crippen LogP contribution in [0, 0.1) is 0 Å². The molecule has 2 aromatic heterocycles. The molecule has 0 fully saturated rings. The van der Waals surface area contributed by atoms with Crippen molar-refractivity contribution in [1.82, 2.24) is 30.3 Å². The van der Waals surface area contributed by atoms with E-state index in [1.807, 2.05) is 36.4 Å². The van der Waals surface area contributed by atoms with Crippen LogP contribution >= 0.6 is 0 Å². The van der Waals surface area contributed by atoms with Gasteiger partial charge in [0.1, 0.15) is 12.3 Å². The van der Waals surface area contributed by atoms with E-state index >= 15 is 0 Å². The normalized spacial score (nSPS) is 10.9. The highest BCUT2D eigenvalue weighted by Crippen LogP contribution is 2.20. The maximum Gasteiger partial charge on any atom is 0.250 e. The highest BCUT2D eigenvalue weighted by Gasteiger charge is 2.12. The number of hydrogen-bond acceptors (Lipinski definition) is 7. The molecular formula is C19H18N6O2. The average molecular weight is 362 g/mol. The first-order valence-electron chi connectivity index (χ1n) is 8.59. The van der Waals surface area contributed by atoms with E-state index in [-0.39, 0.29) is 6.54 Å². The lowest BCUT2D eigenvalue weighted by molar-refractivity contribution is 0.356. The highest BCUT2D eigenvalue weighted by molar-refractivity contribution is 5.55. The summed E-state index contributed by atoms with van der Waals surface area (Å²) in [5.74, 6) is 2.25. The minimum absolute atomic E-state index is 0.253. The van der Waals surface area contributed by atoms with Crippen LogP contribution in [0.15, 0.2) is 53.1 Å². The Labute approximate surface area is 155 Å². The molecule has 0 atom stereocenters. The highest BCUT2D eigenvalue weighted by atomic mass is 16.5. The SMILES string of the molecule is CCc1ccc(-c2nnn(Cc3nc(-c4ccc(OC)cc4)no3)n2)cc1. The molecule has 0 amide bonds. The fourth-order valence-electron chi connectivity index (χ4n) is 2.61. The lowest BCUT2D eigenvalue weighted by Crippen LogP contribution is -2.04. The van der Waals surface area contributed by atoms with Gasteiger partial charge in [0.25, 0.3) is 5.89 Å². The molecular weight excluding hydrogens is 344 g/mol. The Bertz CT molecular complexity index is 937. The molecule has 0 aliphatic carbocycles. The topological polar surface area (TPSA) is 91.8 Å². The van der Waals surface area contributed by atoms with Crippen LogP contribution in [0.5, 0.6) is 5.75 Å². The minimum atomic E-state index is 0.253. The molecule has 0 spiro atoms. The molecule has 0 aliphatic heterocycles. The van der Waals surface area contributed by atoms with Crippen LogP contribution in [0.3, 0.4) is 0 Å². The van der Waals surface area contributed by atoms with Crippen molar-refractivity contribution in [3.05, 3.63) is 60.0 Å². The second kappa shape index (κ2) is 7.36. The Morgan fingerprint density at radius 2 is 1.67 bits per heavy atom. The largest absolute Gasteiger partial charge is 0.497 e. The molecule has 0 saturated heterocycles. The molecule has 0 aliphatic rings. The van der Waals surface area contributed by atoms with Gasteiger partial charge in [0.2, 0.25) is 11.6 Å². The third-order valence-corrected chi connectivity index (χ3v) is 4.17. The van der Waals surface area contributed by atoms with Gasteiger partial charge in [-0.3, -0.25) is 0 Å². The van der Waals surface area contributed by atoms with E-state index in [9.17, 15) is 0 Å². The van der Waals surface area contributed by atoms with Crippen molar-refractivity contribution in [3.63, 3.8) is 0 Å². The number of hydrogen-bond donors (Lipinski definition) is 0. The van der Waals surface area contributed by atoms with E-state index in [1.165, 1.54) is 10.4 Å². The van der Waals surface area contributed by atoms with Crippen LogP contribution < -0.4 is 4.74 Å². The van der Waals surface area contributed by atoms with Crippen molar-refractivity contribution in [3.8, 4) is 28.5 Å². The molecule has 0 saturated carbocycles. The van der Waals surface area contributed by atoms with Gasteiger partial charge >= 0.3 is 0 Å². The minimum Gasteiger partial charge on any atom is -0.497 e. The molecule has 0 N–H and O–H groups in total. The molecule has 0 unspecified atom stereocenters. The second-order valence-electron chi connectivity index (χ2n) is 5.93. The number of methoxy groups -OCH3 is 1. The van der Waals surface area contributed by atoms with Gasteiger partial charge in [-0.1, -0.05) is 36.3 Å². The van der Waals surface area contributed by atoms with E-state index in [0.29, 0.717) is 17.5 Å². The Balaban J connectivity index is 1.48. The van der Waals surface area contributed by atoms with E-state index in [1.54, 1.807) is 7.11 Å². The first-order valence-corrected chi connectivity index (χ1v) is 8.59. The van der Waals surface area contributed by atoms with Crippen LogP contribution in [-0.4, -0.2) is 37.5 Å². The number of ether oxygens (including phenoxy) is 1. The van der Waals surface area contributed by atoms with Gasteiger partial charge in [-0.15, -0.1) is 10.2 Å². The molecule has 2 aromatic carbocycles. The summed E-state index contributed by atoms with van der Waals surface area (Å²) in [6.45, 7) is 2.37. The quantitative estimate of drug-likeness (QED) is 0.520. The number of benzene rings is 2. The summed E-state index contributed by atoms with van der Waals surface area (Å²) in [6.07, 6.45) is 0.994. The molecule has 0 radical (unpaired) electrons. The number of aryl methyl sites for hydroxylation is 1. The smallest absolute Gasteiger partial charge is 0.250 e. The zero-order valence-electron chi connectivity index (χ0n) is 15.0. The summed E-state index contributed by atoms with van der Waals surface area (Å²) in [6, 6.07) is 15.6. The molecule has 0 bridgehead atoms. The van der Waals surface area contributed by atoms with Crippen LogP contribution in [0.25, 0.3) is 22.8 Å². The average Bonchev–Trinajstić information content (AvgIpc) is 3.38. The van der Waals surface area contributed by atoms with Crippen molar-refractivity contribution in [2.24, 2.45) is 0 Å². The standard InChI is InChI=1S/C19H18N6O2/c1-3-13-4-6-15(7-5-13)19-21-24-25(22-19)12-17-20-18(23-27-17)14-8-10-16(26-2)11-9-14/h4-11H,3,12H2,1-2H3. The fraction of sp³-hybridized carbons (Fsp3) is 0.211. The predicted molar refractivity (Wildman–Crippen MR) is 98.0 cm³/mol. The fourth-order valence-corrected chi connectivity index (χ4v) is 2.61. The number of nitrogens with zero attached hydrogens (tertiary/aromatic N) is 6. The Kier molecular flexibility index (Phi) is 4.61. The van der Waals surface area contributed by atoms with Crippen LogP contribution in [0.4, 0.5) is 0 Å². The summed E-state index contributed by atoms with van der Waals surface area (Å²) in [5, 5.41) is 16.6. The third-order valence-electron chi connectivity index (χ3n) is 4.17. The van der Waals surface area contributed by atoms with Crippen molar-refractivity contribution >= 4 is 0 Å². The number of tetrazole rings is 1. The Morgan fingerprint density at radius 1 is 0.963 bits per heavy atom. The number of aromatic nitrogens is 6. The first-order chi connectivity index (χ1) is 13.2. The summed E-state index contributed by atoms with van der Waals surface area (Å²) in [7, 11) is 1.62. The van der Waals surface area contributed by atoms with Gasteiger partial charge in [0.15, 0.2) is 0 Å². The maximum atomic E-state index is 5.30. The van der Waals surface area contributed by atoms with Crippen LogP contribution in [-0.2, 0) is 13.0 Å². The summed E-state index contributed by atoms with van der Waals surface area (Å²) >= 11 is 0. The van der Waals surface area contributed by atoms with Crippen LogP contribution in [0.2, 0.25) is 0 Å². The van der Waals surface area contributed by atoms with Crippen molar-refractivity contribution in [2.45, 2.75) is 19.9 Å². The number of rotatable bonds is 6. The van der Waals surface area contributed by atoms with E-state index in [4.69, 9.17) is 9.26 Å². The Hall–Kier alpha value is -3.55. The van der Waals surface area contributed by atoms with Gasteiger partial charge in [0, 0.05) is 11.1 Å². The molecule has 27 heavy (non-hydrogen) atoms. The molecule has 8 heteroatoms. The van der Waals surface area contributed by atoms with Gasteiger partial charge in [-0.2, -0.15) is 9.78 Å².